The molecule has 0 aliphatic heterocycles. The Labute approximate surface area is 114 Å². The Bertz CT molecular complexity index is 374. The Balaban J connectivity index is 2.42. The third kappa shape index (κ3) is 5.67. The highest BCUT2D eigenvalue weighted by Gasteiger charge is 2.11. The number of aromatic nitrogens is 3. The van der Waals surface area contributed by atoms with Crippen LogP contribution in [-0.4, -0.2) is 32.1 Å². The second-order valence-corrected chi connectivity index (χ2v) is 6.41. The lowest BCUT2D eigenvalue weighted by Gasteiger charge is -2.08. The van der Waals surface area contributed by atoms with Gasteiger partial charge in [0.2, 0.25) is 0 Å². The van der Waals surface area contributed by atoms with Gasteiger partial charge < -0.3 is 0 Å². The van der Waals surface area contributed by atoms with Gasteiger partial charge in [0, 0.05) is 6.54 Å². The van der Waals surface area contributed by atoms with Gasteiger partial charge in [0.1, 0.15) is 17.9 Å². The average Bonchev–Trinajstić information content (AvgIpc) is 2.64. The Hall–Kier alpha value is -0.840. The van der Waals surface area contributed by atoms with Crippen LogP contribution >= 0.6 is 11.8 Å². The Morgan fingerprint density at radius 1 is 1.33 bits per heavy atom. The van der Waals surface area contributed by atoms with Crippen molar-refractivity contribution in [2.75, 3.05) is 11.5 Å². The summed E-state index contributed by atoms with van der Waals surface area (Å²) >= 11 is 1.70. The van der Waals surface area contributed by atoms with E-state index in [1.54, 1.807) is 11.8 Å². The van der Waals surface area contributed by atoms with E-state index < -0.39 is 0 Å². The van der Waals surface area contributed by atoms with Crippen LogP contribution in [0.4, 0.5) is 0 Å². The molecule has 0 atom stereocenters. The molecule has 0 bridgehead atoms. The summed E-state index contributed by atoms with van der Waals surface area (Å²) in [6, 6.07) is 0. The maximum absolute atomic E-state index is 11.8. The fourth-order valence-corrected chi connectivity index (χ4v) is 2.48. The zero-order chi connectivity index (χ0) is 13.5. The highest BCUT2D eigenvalue weighted by Crippen LogP contribution is 2.09. The van der Waals surface area contributed by atoms with Gasteiger partial charge in [-0.1, -0.05) is 27.7 Å². The summed E-state index contributed by atoms with van der Waals surface area (Å²) < 4.78 is 1.84. The molecule has 0 saturated carbocycles. The molecule has 0 saturated heterocycles. The van der Waals surface area contributed by atoms with Crippen molar-refractivity contribution >= 4 is 17.5 Å². The zero-order valence-corrected chi connectivity index (χ0v) is 12.5. The number of hydrogen-bond donors (Lipinski definition) is 0. The minimum Gasteiger partial charge on any atom is -0.298 e. The topological polar surface area (TPSA) is 47.8 Å². The van der Waals surface area contributed by atoms with Gasteiger partial charge in [-0.3, -0.25) is 4.79 Å². The maximum Gasteiger partial charge on any atom is 0.150 e. The SMILES string of the molecule is CC(C)CSCC(=O)Cc1ncnn1CC(C)C. The molecule has 1 heterocycles. The molecule has 18 heavy (non-hydrogen) atoms. The van der Waals surface area contributed by atoms with E-state index in [9.17, 15) is 4.79 Å². The van der Waals surface area contributed by atoms with Crippen LogP contribution in [0, 0.1) is 11.8 Å². The standard InChI is InChI=1S/C13H23N3OS/c1-10(2)6-16-13(14-9-15-16)5-12(17)8-18-7-11(3)4/h9-11H,5-8H2,1-4H3. The quantitative estimate of drug-likeness (QED) is 0.727. The van der Waals surface area contributed by atoms with Gasteiger partial charge in [0.25, 0.3) is 0 Å². The number of nitrogens with zero attached hydrogens (tertiary/aromatic N) is 3. The van der Waals surface area contributed by atoms with Crippen molar-refractivity contribution in [1.29, 1.82) is 0 Å². The van der Waals surface area contributed by atoms with Crippen LogP contribution in [0.2, 0.25) is 0 Å². The molecule has 1 aromatic heterocycles. The highest BCUT2D eigenvalue weighted by molar-refractivity contribution is 7.99. The number of Topliss-reactive ketones (excluding diaryl/α,β-unsaturated/α-hetero) is 1. The number of carbonyl (C=O) groups excluding carboxylic acids is 1. The third-order valence-electron chi connectivity index (χ3n) is 2.30. The molecule has 0 aliphatic carbocycles. The summed E-state index contributed by atoms with van der Waals surface area (Å²) in [6.45, 7) is 9.41. The molecule has 102 valence electrons. The van der Waals surface area contributed by atoms with Crippen molar-refractivity contribution < 1.29 is 4.79 Å². The molecule has 4 nitrogen and oxygen atoms in total. The lowest BCUT2D eigenvalue weighted by molar-refractivity contribution is -0.116. The van der Waals surface area contributed by atoms with E-state index in [0.29, 0.717) is 24.0 Å². The first-order valence-corrected chi connectivity index (χ1v) is 7.60. The predicted molar refractivity (Wildman–Crippen MR) is 75.7 cm³/mol. The Morgan fingerprint density at radius 2 is 2.06 bits per heavy atom. The van der Waals surface area contributed by atoms with Crippen LogP contribution in [-0.2, 0) is 17.8 Å². The van der Waals surface area contributed by atoms with E-state index >= 15 is 0 Å². The van der Waals surface area contributed by atoms with Crippen LogP contribution < -0.4 is 0 Å². The van der Waals surface area contributed by atoms with Gasteiger partial charge in [-0.15, -0.1) is 0 Å². The highest BCUT2D eigenvalue weighted by atomic mass is 32.2. The molecular formula is C13H23N3OS. The fourth-order valence-electron chi connectivity index (χ4n) is 1.56. The van der Waals surface area contributed by atoms with Gasteiger partial charge in [-0.05, 0) is 17.6 Å². The van der Waals surface area contributed by atoms with Gasteiger partial charge in [-0.25, -0.2) is 9.67 Å². The van der Waals surface area contributed by atoms with Crippen molar-refractivity contribution in [1.82, 2.24) is 14.8 Å². The van der Waals surface area contributed by atoms with Crippen LogP contribution in [0.3, 0.4) is 0 Å². The van der Waals surface area contributed by atoms with Gasteiger partial charge in [0.15, 0.2) is 0 Å². The summed E-state index contributed by atoms with van der Waals surface area (Å²) in [6.07, 6.45) is 1.93. The van der Waals surface area contributed by atoms with Gasteiger partial charge >= 0.3 is 0 Å². The molecule has 0 aromatic carbocycles. The molecule has 0 fully saturated rings. The van der Waals surface area contributed by atoms with E-state index in [2.05, 4.69) is 37.8 Å². The van der Waals surface area contributed by atoms with Crippen LogP contribution in [0.25, 0.3) is 0 Å². The lowest BCUT2D eigenvalue weighted by atomic mass is 10.2. The molecule has 0 unspecified atom stereocenters. The molecule has 0 aliphatic rings. The first-order valence-electron chi connectivity index (χ1n) is 6.45. The molecule has 0 radical (unpaired) electrons. The first kappa shape index (κ1) is 15.2. The van der Waals surface area contributed by atoms with E-state index in [0.717, 1.165) is 18.1 Å². The number of hydrogen-bond acceptors (Lipinski definition) is 4. The minimum absolute atomic E-state index is 0.235. The van der Waals surface area contributed by atoms with E-state index in [1.807, 2.05) is 4.68 Å². The predicted octanol–water partition coefficient (Wildman–Crippen LogP) is 2.43. The summed E-state index contributed by atoms with van der Waals surface area (Å²) in [5, 5.41) is 4.16. The smallest absolute Gasteiger partial charge is 0.150 e. The van der Waals surface area contributed by atoms with Crippen LogP contribution in [0.1, 0.15) is 33.5 Å². The van der Waals surface area contributed by atoms with Crippen molar-refractivity contribution in [2.24, 2.45) is 11.8 Å². The van der Waals surface area contributed by atoms with E-state index in [1.165, 1.54) is 6.33 Å². The largest absolute Gasteiger partial charge is 0.298 e. The molecule has 1 rings (SSSR count). The van der Waals surface area contributed by atoms with Crippen LogP contribution in [0.5, 0.6) is 0 Å². The molecule has 0 spiro atoms. The lowest BCUT2D eigenvalue weighted by Crippen LogP contribution is -2.15. The number of carbonyl (C=O) groups is 1. The maximum atomic E-state index is 11.8. The average molecular weight is 269 g/mol. The molecule has 0 N–H and O–H groups in total. The van der Waals surface area contributed by atoms with Crippen molar-refractivity contribution in [3.63, 3.8) is 0 Å². The van der Waals surface area contributed by atoms with E-state index in [-0.39, 0.29) is 5.78 Å². The monoisotopic (exact) mass is 269 g/mol. The van der Waals surface area contributed by atoms with Crippen molar-refractivity contribution in [2.45, 2.75) is 40.7 Å². The first-order chi connectivity index (χ1) is 8.49. The Kier molecular flexibility index (Phi) is 6.39. The van der Waals surface area contributed by atoms with Crippen LogP contribution in [0.15, 0.2) is 6.33 Å². The molecule has 5 heteroatoms. The second-order valence-electron chi connectivity index (χ2n) is 5.38. The Morgan fingerprint density at radius 3 is 2.67 bits per heavy atom. The second kappa shape index (κ2) is 7.56. The van der Waals surface area contributed by atoms with Crippen molar-refractivity contribution in [3.05, 3.63) is 12.2 Å². The summed E-state index contributed by atoms with van der Waals surface area (Å²) in [4.78, 5) is 16.0. The number of rotatable bonds is 8. The van der Waals surface area contributed by atoms with Gasteiger partial charge in [-0.2, -0.15) is 16.9 Å². The third-order valence-corrected chi connectivity index (χ3v) is 3.73. The molecule has 1 aromatic rings. The fraction of sp³-hybridized carbons (Fsp3) is 0.769. The minimum atomic E-state index is 0.235. The number of thioether (sulfide) groups is 1. The van der Waals surface area contributed by atoms with E-state index in [4.69, 9.17) is 0 Å². The summed E-state index contributed by atoms with van der Waals surface area (Å²) in [5.74, 6) is 3.78. The molecule has 0 amide bonds. The normalized spacial score (nSPS) is 11.4. The van der Waals surface area contributed by atoms with Crippen molar-refractivity contribution in [3.8, 4) is 0 Å². The zero-order valence-electron chi connectivity index (χ0n) is 11.7. The summed E-state index contributed by atoms with van der Waals surface area (Å²) in [5.41, 5.74) is 0. The number of ketones is 1. The summed E-state index contributed by atoms with van der Waals surface area (Å²) in [7, 11) is 0. The molecular weight excluding hydrogens is 246 g/mol. The van der Waals surface area contributed by atoms with Gasteiger partial charge in [0.05, 0.1) is 12.2 Å².